The summed E-state index contributed by atoms with van der Waals surface area (Å²) in [6.45, 7) is 0.532. The summed E-state index contributed by atoms with van der Waals surface area (Å²) in [4.78, 5) is 28.7. The molecule has 0 unspecified atom stereocenters. The van der Waals surface area contributed by atoms with Gasteiger partial charge < -0.3 is 15.0 Å². The Morgan fingerprint density at radius 2 is 1.97 bits per heavy atom. The summed E-state index contributed by atoms with van der Waals surface area (Å²) >= 11 is 1.39. The summed E-state index contributed by atoms with van der Waals surface area (Å²) in [7, 11) is 0. The van der Waals surface area contributed by atoms with E-state index in [-0.39, 0.29) is 17.6 Å². The Bertz CT molecular complexity index is 1020. The number of halogens is 2. The molecule has 1 N–H and O–H groups in total. The van der Waals surface area contributed by atoms with Gasteiger partial charge in [-0.2, -0.15) is 8.78 Å². The number of amides is 1. The number of thiazole rings is 1. The average Bonchev–Trinajstić information content (AvgIpc) is 3.14. The van der Waals surface area contributed by atoms with E-state index in [2.05, 4.69) is 29.9 Å². The molecule has 0 spiro atoms. The van der Waals surface area contributed by atoms with Crippen molar-refractivity contribution >= 4 is 28.2 Å². The predicted octanol–water partition coefficient (Wildman–Crippen LogP) is 4.37. The van der Waals surface area contributed by atoms with Crippen molar-refractivity contribution in [1.82, 2.24) is 15.0 Å². The van der Waals surface area contributed by atoms with Crippen LogP contribution in [0.5, 0.6) is 5.75 Å². The Morgan fingerprint density at radius 1 is 1.23 bits per heavy atom. The van der Waals surface area contributed by atoms with Gasteiger partial charge in [-0.05, 0) is 44.0 Å². The van der Waals surface area contributed by atoms with Gasteiger partial charge in [0.2, 0.25) is 5.91 Å². The van der Waals surface area contributed by atoms with Crippen LogP contribution in [0.3, 0.4) is 0 Å². The molecule has 0 radical (unpaired) electrons. The molecule has 1 aliphatic heterocycles. The first-order valence-corrected chi connectivity index (χ1v) is 10.7. The third kappa shape index (κ3) is 5.13. The van der Waals surface area contributed by atoms with Crippen molar-refractivity contribution in [3.05, 3.63) is 47.7 Å². The van der Waals surface area contributed by atoms with Crippen molar-refractivity contribution in [3.63, 3.8) is 0 Å². The molecule has 0 aliphatic carbocycles. The second-order valence-corrected chi connectivity index (χ2v) is 8.34. The Labute approximate surface area is 182 Å². The molecule has 2 aromatic heterocycles. The maximum absolute atomic E-state index is 12.7. The first-order valence-electron chi connectivity index (χ1n) is 9.84. The molecule has 0 saturated carbocycles. The topological polar surface area (TPSA) is 80.2 Å². The number of carbonyl (C=O) groups is 1. The van der Waals surface area contributed by atoms with E-state index in [1.54, 1.807) is 30.7 Å². The number of benzene rings is 1. The van der Waals surface area contributed by atoms with E-state index in [9.17, 15) is 13.6 Å². The van der Waals surface area contributed by atoms with Crippen molar-refractivity contribution in [3.8, 4) is 17.0 Å². The lowest BCUT2D eigenvalue weighted by molar-refractivity contribution is -0.120. The molecule has 0 atom stereocenters. The molecule has 1 aliphatic rings. The number of aromatic nitrogens is 3. The van der Waals surface area contributed by atoms with Gasteiger partial charge in [0.15, 0.2) is 5.13 Å². The second-order valence-electron chi connectivity index (χ2n) is 7.14. The van der Waals surface area contributed by atoms with Gasteiger partial charge in [0, 0.05) is 41.8 Å². The van der Waals surface area contributed by atoms with Gasteiger partial charge in [-0.1, -0.05) is 0 Å². The van der Waals surface area contributed by atoms with Crippen LogP contribution in [0.1, 0.15) is 17.7 Å². The van der Waals surface area contributed by atoms with E-state index < -0.39 is 6.61 Å². The van der Waals surface area contributed by atoms with E-state index in [1.807, 2.05) is 6.92 Å². The Balaban J connectivity index is 1.36. The maximum atomic E-state index is 12.7. The Kier molecular flexibility index (Phi) is 6.36. The minimum Gasteiger partial charge on any atom is -0.435 e. The van der Waals surface area contributed by atoms with Gasteiger partial charge in [0.05, 0.1) is 11.9 Å². The van der Waals surface area contributed by atoms with Crippen molar-refractivity contribution in [2.75, 3.05) is 23.3 Å². The van der Waals surface area contributed by atoms with Crippen LogP contribution < -0.4 is 15.0 Å². The van der Waals surface area contributed by atoms with E-state index in [0.29, 0.717) is 10.8 Å². The van der Waals surface area contributed by atoms with Gasteiger partial charge >= 0.3 is 6.61 Å². The molecule has 31 heavy (non-hydrogen) atoms. The van der Waals surface area contributed by atoms with Crippen LogP contribution in [0, 0.1) is 12.8 Å². The lowest BCUT2D eigenvalue weighted by atomic mass is 9.96. The van der Waals surface area contributed by atoms with Crippen molar-refractivity contribution in [2.45, 2.75) is 26.4 Å². The van der Waals surface area contributed by atoms with Gasteiger partial charge in [-0.3, -0.25) is 9.78 Å². The molecule has 3 aromatic rings. The minimum atomic E-state index is -2.86. The quantitative estimate of drug-likeness (QED) is 0.607. The molecule has 0 bridgehead atoms. The van der Waals surface area contributed by atoms with Crippen LogP contribution in [0.4, 0.5) is 19.7 Å². The molecular formula is C21H21F2N5O2S. The standard InChI is InChI=1S/C21H21F2N5O2S/c1-13-18(14-2-4-16(5-3-14)30-20(22)23)26-21(31-13)27-19(29)15-6-10-28(11-7-15)17-12-24-8-9-25-17/h2-5,8-9,12,15,20H,6-7,10-11H2,1H3,(H,26,27,29). The zero-order chi connectivity index (χ0) is 21.8. The van der Waals surface area contributed by atoms with Crippen LogP contribution in [0.2, 0.25) is 0 Å². The summed E-state index contributed by atoms with van der Waals surface area (Å²) in [5, 5.41) is 3.46. The summed E-state index contributed by atoms with van der Waals surface area (Å²) < 4.78 is 29.0. The molecule has 1 fully saturated rings. The van der Waals surface area contributed by atoms with Gasteiger partial charge in [0.25, 0.3) is 0 Å². The lowest BCUT2D eigenvalue weighted by Gasteiger charge is -2.31. The summed E-state index contributed by atoms with van der Waals surface area (Å²) in [6.07, 6.45) is 6.48. The molecule has 1 amide bonds. The molecule has 4 rings (SSSR count). The van der Waals surface area contributed by atoms with E-state index in [1.165, 1.54) is 23.5 Å². The summed E-state index contributed by atoms with van der Waals surface area (Å²) in [5.41, 5.74) is 1.48. The van der Waals surface area contributed by atoms with Crippen LogP contribution in [0.25, 0.3) is 11.3 Å². The molecular weight excluding hydrogens is 424 g/mol. The van der Waals surface area contributed by atoms with Gasteiger partial charge in [0.1, 0.15) is 11.6 Å². The number of aryl methyl sites for hydroxylation is 1. The number of ether oxygens (including phenoxy) is 1. The fraction of sp³-hybridized carbons (Fsp3) is 0.333. The largest absolute Gasteiger partial charge is 0.435 e. The number of hydrogen-bond acceptors (Lipinski definition) is 7. The highest BCUT2D eigenvalue weighted by molar-refractivity contribution is 7.16. The number of nitrogens with one attached hydrogen (secondary N) is 1. The monoisotopic (exact) mass is 445 g/mol. The highest BCUT2D eigenvalue weighted by Gasteiger charge is 2.26. The third-order valence-electron chi connectivity index (χ3n) is 5.12. The zero-order valence-corrected chi connectivity index (χ0v) is 17.6. The minimum absolute atomic E-state index is 0.0419. The molecule has 3 heterocycles. The maximum Gasteiger partial charge on any atom is 0.387 e. The normalized spacial score (nSPS) is 14.6. The van der Waals surface area contributed by atoms with E-state index in [0.717, 1.165) is 42.2 Å². The van der Waals surface area contributed by atoms with Crippen LogP contribution in [-0.4, -0.2) is 40.6 Å². The number of piperidine rings is 1. The van der Waals surface area contributed by atoms with Crippen molar-refractivity contribution in [2.24, 2.45) is 5.92 Å². The van der Waals surface area contributed by atoms with Crippen molar-refractivity contribution < 1.29 is 18.3 Å². The third-order valence-corrected chi connectivity index (χ3v) is 6.01. The lowest BCUT2D eigenvalue weighted by Crippen LogP contribution is -2.38. The van der Waals surface area contributed by atoms with Crippen molar-refractivity contribution in [1.29, 1.82) is 0 Å². The summed E-state index contributed by atoms with van der Waals surface area (Å²) in [6, 6.07) is 6.30. The van der Waals surface area contributed by atoms with Gasteiger partial charge in [-0.25, -0.2) is 9.97 Å². The highest BCUT2D eigenvalue weighted by atomic mass is 32.1. The highest BCUT2D eigenvalue weighted by Crippen LogP contribution is 2.32. The van der Waals surface area contributed by atoms with Crippen LogP contribution >= 0.6 is 11.3 Å². The van der Waals surface area contributed by atoms with Gasteiger partial charge in [-0.15, -0.1) is 11.3 Å². The number of nitrogens with zero attached hydrogens (tertiary/aromatic N) is 4. The fourth-order valence-corrected chi connectivity index (χ4v) is 4.38. The molecule has 1 saturated heterocycles. The zero-order valence-electron chi connectivity index (χ0n) is 16.8. The van der Waals surface area contributed by atoms with Crippen LogP contribution in [-0.2, 0) is 4.79 Å². The number of carbonyl (C=O) groups excluding carboxylic acids is 1. The molecule has 7 nitrogen and oxygen atoms in total. The predicted molar refractivity (Wildman–Crippen MR) is 115 cm³/mol. The van der Waals surface area contributed by atoms with Crippen LogP contribution in [0.15, 0.2) is 42.9 Å². The molecule has 162 valence electrons. The van der Waals surface area contributed by atoms with E-state index >= 15 is 0 Å². The second kappa shape index (κ2) is 9.34. The average molecular weight is 445 g/mol. The summed E-state index contributed by atoms with van der Waals surface area (Å²) in [5.74, 6) is 0.783. The molecule has 1 aromatic carbocycles. The number of rotatable bonds is 6. The number of alkyl halides is 2. The number of anilines is 2. The first-order chi connectivity index (χ1) is 15.0. The Hall–Kier alpha value is -3.14. The fourth-order valence-electron chi connectivity index (χ4n) is 3.54. The first kappa shape index (κ1) is 21.1. The number of hydrogen-bond donors (Lipinski definition) is 1. The molecule has 10 heteroatoms. The SMILES string of the molecule is Cc1sc(NC(=O)C2CCN(c3cnccn3)CC2)nc1-c1ccc(OC(F)F)cc1. The smallest absolute Gasteiger partial charge is 0.387 e. The Morgan fingerprint density at radius 3 is 2.61 bits per heavy atom. The van der Waals surface area contributed by atoms with E-state index in [4.69, 9.17) is 0 Å².